The first-order valence-electron chi connectivity index (χ1n) is 7.29. The highest BCUT2D eigenvalue weighted by molar-refractivity contribution is 5.65. The van der Waals surface area contributed by atoms with E-state index in [0.29, 0.717) is 0 Å². The quantitative estimate of drug-likeness (QED) is 0.723. The lowest BCUT2D eigenvalue weighted by atomic mass is 10.1. The van der Waals surface area contributed by atoms with Gasteiger partial charge in [-0.15, -0.1) is 0 Å². The van der Waals surface area contributed by atoms with E-state index in [1.54, 1.807) is 7.11 Å². The molecule has 2 heterocycles. The lowest BCUT2D eigenvalue weighted by Gasteiger charge is -2.05. The molecule has 1 aliphatic rings. The molecule has 4 nitrogen and oxygen atoms in total. The molecule has 0 atom stereocenters. The van der Waals surface area contributed by atoms with Crippen molar-refractivity contribution >= 4 is 5.65 Å². The van der Waals surface area contributed by atoms with Crippen molar-refractivity contribution in [2.45, 2.75) is 26.2 Å². The molecule has 1 aliphatic carbocycles. The van der Waals surface area contributed by atoms with Crippen LogP contribution in [0.15, 0.2) is 30.3 Å². The molecular weight excluding hydrogens is 262 g/mol. The van der Waals surface area contributed by atoms with E-state index in [1.165, 1.54) is 17.7 Å². The van der Waals surface area contributed by atoms with Crippen LogP contribution in [0.3, 0.4) is 0 Å². The summed E-state index contributed by atoms with van der Waals surface area (Å²) < 4.78 is 7.22. The Morgan fingerprint density at radius 2 is 1.95 bits per heavy atom. The second-order valence-corrected chi connectivity index (χ2v) is 5.50. The van der Waals surface area contributed by atoms with Crippen LogP contribution in [-0.4, -0.2) is 21.7 Å². The molecule has 4 rings (SSSR count). The predicted molar refractivity (Wildman–Crippen MR) is 81.7 cm³/mol. The normalized spacial score (nSPS) is 13.6. The van der Waals surface area contributed by atoms with Gasteiger partial charge in [-0.1, -0.05) is 0 Å². The summed E-state index contributed by atoms with van der Waals surface area (Å²) >= 11 is 0. The molecule has 0 spiro atoms. The summed E-state index contributed by atoms with van der Waals surface area (Å²) in [5, 5.41) is 4.76. The number of benzene rings is 1. The molecule has 0 bridgehead atoms. The minimum Gasteiger partial charge on any atom is -0.497 e. The minimum absolute atomic E-state index is 0.859. The molecule has 0 aliphatic heterocycles. The highest BCUT2D eigenvalue weighted by Crippen LogP contribution is 2.28. The second-order valence-electron chi connectivity index (χ2n) is 5.50. The van der Waals surface area contributed by atoms with E-state index in [4.69, 9.17) is 14.8 Å². The van der Waals surface area contributed by atoms with E-state index in [1.807, 2.05) is 28.8 Å². The first kappa shape index (κ1) is 12.4. The zero-order valence-electron chi connectivity index (χ0n) is 12.3. The number of methoxy groups -OCH3 is 1. The summed E-state index contributed by atoms with van der Waals surface area (Å²) in [5.74, 6) is 0.859. The maximum Gasteiger partial charge on any atom is 0.156 e. The lowest BCUT2D eigenvalue weighted by Crippen LogP contribution is -2.02. The number of aromatic nitrogens is 3. The van der Waals surface area contributed by atoms with Gasteiger partial charge in [-0.05, 0) is 56.0 Å². The van der Waals surface area contributed by atoms with Crippen LogP contribution >= 0.6 is 0 Å². The Hall–Kier alpha value is -2.36. The van der Waals surface area contributed by atoms with Gasteiger partial charge in [-0.2, -0.15) is 5.10 Å². The summed E-state index contributed by atoms with van der Waals surface area (Å²) in [6.45, 7) is 2.10. The van der Waals surface area contributed by atoms with Gasteiger partial charge in [0.25, 0.3) is 0 Å². The van der Waals surface area contributed by atoms with E-state index in [9.17, 15) is 0 Å². The van der Waals surface area contributed by atoms with Crippen LogP contribution in [-0.2, 0) is 12.8 Å². The summed E-state index contributed by atoms with van der Waals surface area (Å²) in [6.07, 6.45) is 3.43. The molecular formula is C17H17N3O. The second kappa shape index (κ2) is 4.58. The molecule has 1 aromatic carbocycles. The van der Waals surface area contributed by atoms with Gasteiger partial charge in [-0.3, -0.25) is 0 Å². The van der Waals surface area contributed by atoms with Crippen molar-refractivity contribution in [3.63, 3.8) is 0 Å². The molecule has 3 aromatic rings. The highest BCUT2D eigenvalue weighted by Gasteiger charge is 2.19. The Kier molecular flexibility index (Phi) is 2.70. The number of hydrogen-bond acceptors (Lipinski definition) is 3. The van der Waals surface area contributed by atoms with Crippen molar-refractivity contribution in [2.24, 2.45) is 0 Å². The Balaban J connectivity index is 1.87. The van der Waals surface area contributed by atoms with E-state index in [-0.39, 0.29) is 0 Å². The summed E-state index contributed by atoms with van der Waals surface area (Å²) in [5.41, 5.74) is 6.86. The standard InChI is InChI=1S/C17H17N3O/c1-11-14-4-3-5-16(14)20-17(18-11)10-15(19-20)12-6-8-13(21-2)9-7-12/h6-10H,3-5H2,1-2H3. The predicted octanol–water partition coefficient (Wildman–Crippen LogP) is 3.20. The third kappa shape index (κ3) is 1.90. The summed E-state index contributed by atoms with van der Waals surface area (Å²) in [4.78, 5) is 4.70. The number of ether oxygens (including phenoxy) is 1. The van der Waals surface area contributed by atoms with Gasteiger partial charge in [0.1, 0.15) is 5.75 Å². The van der Waals surface area contributed by atoms with Crippen LogP contribution in [0.4, 0.5) is 0 Å². The molecule has 0 fully saturated rings. The third-order valence-electron chi connectivity index (χ3n) is 4.24. The summed E-state index contributed by atoms with van der Waals surface area (Å²) in [6, 6.07) is 10.1. The molecule has 4 heteroatoms. The fraction of sp³-hybridized carbons (Fsp3) is 0.294. The smallest absolute Gasteiger partial charge is 0.156 e. The molecule has 21 heavy (non-hydrogen) atoms. The summed E-state index contributed by atoms with van der Waals surface area (Å²) in [7, 11) is 1.68. The highest BCUT2D eigenvalue weighted by atomic mass is 16.5. The van der Waals surface area contributed by atoms with Crippen molar-refractivity contribution in [3.05, 3.63) is 47.3 Å². The van der Waals surface area contributed by atoms with E-state index in [2.05, 4.69) is 13.0 Å². The molecule has 0 unspecified atom stereocenters. The Morgan fingerprint density at radius 3 is 2.71 bits per heavy atom. The van der Waals surface area contributed by atoms with Crippen molar-refractivity contribution in [1.82, 2.24) is 14.6 Å². The maximum absolute atomic E-state index is 5.20. The maximum atomic E-state index is 5.20. The van der Waals surface area contributed by atoms with Gasteiger partial charge in [-0.25, -0.2) is 9.50 Å². The van der Waals surface area contributed by atoms with Crippen molar-refractivity contribution in [3.8, 4) is 17.0 Å². The topological polar surface area (TPSA) is 39.4 Å². The van der Waals surface area contributed by atoms with Crippen LogP contribution in [0.25, 0.3) is 16.9 Å². The van der Waals surface area contributed by atoms with Crippen molar-refractivity contribution in [2.75, 3.05) is 7.11 Å². The van der Waals surface area contributed by atoms with Gasteiger partial charge in [0.15, 0.2) is 5.65 Å². The third-order valence-corrected chi connectivity index (χ3v) is 4.24. The number of hydrogen-bond donors (Lipinski definition) is 0. The Bertz CT molecular complexity index is 818. The lowest BCUT2D eigenvalue weighted by molar-refractivity contribution is 0.415. The first-order chi connectivity index (χ1) is 10.3. The SMILES string of the molecule is COc1ccc(-c2cc3nc(C)c4c(n3n2)CCC4)cc1. The zero-order chi connectivity index (χ0) is 14.4. The molecule has 0 radical (unpaired) electrons. The van der Waals surface area contributed by atoms with Crippen LogP contribution in [0.1, 0.15) is 23.4 Å². The van der Waals surface area contributed by atoms with Crippen LogP contribution in [0.2, 0.25) is 0 Å². The number of fused-ring (bicyclic) bond motifs is 3. The molecule has 2 aromatic heterocycles. The fourth-order valence-corrected chi connectivity index (χ4v) is 3.14. The van der Waals surface area contributed by atoms with Crippen LogP contribution in [0.5, 0.6) is 5.75 Å². The van der Waals surface area contributed by atoms with Gasteiger partial charge >= 0.3 is 0 Å². The Morgan fingerprint density at radius 1 is 1.14 bits per heavy atom. The molecule has 0 amide bonds. The van der Waals surface area contributed by atoms with Crippen molar-refractivity contribution < 1.29 is 4.74 Å². The van der Waals surface area contributed by atoms with Crippen LogP contribution < -0.4 is 4.74 Å². The molecule has 0 N–H and O–H groups in total. The van der Waals surface area contributed by atoms with Gasteiger partial charge in [0.05, 0.1) is 12.8 Å². The van der Waals surface area contributed by atoms with Crippen LogP contribution in [0, 0.1) is 6.92 Å². The fourth-order valence-electron chi connectivity index (χ4n) is 3.14. The average Bonchev–Trinajstić information content (AvgIpc) is 3.13. The first-order valence-corrected chi connectivity index (χ1v) is 7.29. The minimum atomic E-state index is 0.859. The monoisotopic (exact) mass is 279 g/mol. The zero-order valence-corrected chi connectivity index (χ0v) is 12.3. The number of rotatable bonds is 2. The largest absolute Gasteiger partial charge is 0.497 e. The van der Waals surface area contributed by atoms with Crippen molar-refractivity contribution in [1.29, 1.82) is 0 Å². The molecule has 0 saturated carbocycles. The van der Waals surface area contributed by atoms with E-state index in [0.717, 1.165) is 41.2 Å². The molecule has 106 valence electrons. The van der Waals surface area contributed by atoms with Gasteiger partial charge in [0.2, 0.25) is 0 Å². The van der Waals surface area contributed by atoms with E-state index < -0.39 is 0 Å². The van der Waals surface area contributed by atoms with Gasteiger partial charge in [0, 0.05) is 23.0 Å². The average molecular weight is 279 g/mol. The van der Waals surface area contributed by atoms with E-state index >= 15 is 0 Å². The molecule has 0 saturated heterocycles. The van der Waals surface area contributed by atoms with Gasteiger partial charge < -0.3 is 4.74 Å². The Labute approximate surface area is 123 Å². The number of aryl methyl sites for hydroxylation is 2. The number of nitrogens with zero attached hydrogens (tertiary/aromatic N) is 3.